The average molecular weight is 269 g/mol. The third kappa shape index (κ3) is 3.55. The number of rotatable bonds is 6. The first-order valence-corrected chi connectivity index (χ1v) is 5.38. The van der Waals surface area contributed by atoms with Gasteiger partial charge in [-0.1, -0.05) is 0 Å². The number of carbonyl (C=O) groups excluding carboxylic acids is 1. The molecule has 104 valence electrons. The predicted molar refractivity (Wildman–Crippen MR) is 68.8 cm³/mol. The summed E-state index contributed by atoms with van der Waals surface area (Å²) in [6.45, 7) is 0.0471. The maximum atomic E-state index is 11.5. The number of nitrogens with zero attached hydrogens (tertiary/aromatic N) is 1. The molecule has 2 N–H and O–H groups in total. The second-order valence-corrected chi connectivity index (χ2v) is 3.56. The van der Waals surface area contributed by atoms with Gasteiger partial charge in [0.2, 0.25) is 5.91 Å². The van der Waals surface area contributed by atoms with Crippen molar-refractivity contribution in [2.75, 3.05) is 33.1 Å². The molecular weight excluding hydrogens is 254 g/mol. The topological polar surface area (TPSA) is 103 Å². The number of likely N-dealkylation sites (N-methyl/N-ethyl adjacent to an activating group) is 1. The Hall–Kier alpha value is -2.35. The van der Waals surface area contributed by atoms with Gasteiger partial charge in [-0.05, 0) is 7.05 Å². The summed E-state index contributed by atoms with van der Waals surface area (Å²) in [5.74, 6) is 0.131. The van der Waals surface area contributed by atoms with Crippen LogP contribution in [0.25, 0.3) is 0 Å². The summed E-state index contributed by atoms with van der Waals surface area (Å²) in [5.41, 5.74) is -0.204. The second-order valence-electron chi connectivity index (χ2n) is 3.56. The first kappa shape index (κ1) is 14.7. The Bertz CT molecular complexity index is 489. The van der Waals surface area contributed by atoms with Crippen LogP contribution in [0.1, 0.15) is 0 Å². The normalized spacial score (nSPS) is 9.84. The minimum atomic E-state index is -0.600. The molecule has 1 aromatic rings. The van der Waals surface area contributed by atoms with E-state index in [9.17, 15) is 14.9 Å². The van der Waals surface area contributed by atoms with Crippen molar-refractivity contribution >= 4 is 17.3 Å². The predicted octanol–water partition coefficient (Wildman–Crippen LogP) is 0.770. The van der Waals surface area contributed by atoms with E-state index in [0.29, 0.717) is 5.75 Å². The van der Waals surface area contributed by atoms with E-state index in [1.807, 2.05) is 0 Å². The number of nitrogens with one attached hydrogen (secondary N) is 2. The Morgan fingerprint density at radius 1 is 1.32 bits per heavy atom. The minimum absolute atomic E-state index is 0.0471. The van der Waals surface area contributed by atoms with Crippen molar-refractivity contribution < 1.29 is 19.2 Å². The fraction of sp³-hybridized carbons (Fsp3) is 0.364. The summed E-state index contributed by atoms with van der Waals surface area (Å²) in [6, 6.07) is 2.55. The lowest BCUT2D eigenvalue weighted by molar-refractivity contribution is -0.384. The first-order valence-electron chi connectivity index (χ1n) is 5.38. The number of carbonyl (C=O) groups is 1. The number of nitro groups is 1. The zero-order valence-corrected chi connectivity index (χ0v) is 10.9. The summed E-state index contributed by atoms with van der Waals surface area (Å²) in [4.78, 5) is 21.8. The van der Waals surface area contributed by atoms with E-state index in [-0.39, 0.29) is 23.7 Å². The molecule has 0 aliphatic rings. The van der Waals surface area contributed by atoms with Gasteiger partial charge in [0.15, 0.2) is 11.5 Å². The van der Waals surface area contributed by atoms with Gasteiger partial charge in [-0.2, -0.15) is 0 Å². The Kier molecular flexibility index (Phi) is 5.07. The van der Waals surface area contributed by atoms with Crippen molar-refractivity contribution in [2.24, 2.45) is 0 Å². The van der Waals surface area contributed by atoms with Crippen molar-refractivity contribution in [3.63, 3.8) is 0 Å². The van der Waals surface area contributed by atoms with Crippen LogP contribution in [0.15, 0.2) is 12.1 Å². The fourth-order valence-electron chi connectivity index (χ4n) is 1.47. The lowest BCUT2D eigenvalue weighted by Crippen LogP contribution is -2.25. The van der Waals surface area contributed by atoms with Crippen molar-refractivity contribution in [2.45, 2.75) is 0 Å². The van der Waals surface area contributed by atoms with Crippen LogP contribution in [0.4, 0.5) is 11.4 Å². The third-order valence-corrected chi connectivity index (χ3v) is 2.31. The summed E-state index contributed by atoms with van der Waals surface area (Å²) in [5, 5.41) is 16.1. The highest BCUT2D eigenvalue weighted by molar-refractivity contribution is 5.95. The van der Waals surface area contributed by atoms with Crippen molar-refractivity contribution in [1.82, 2.24) is 5.32 Å². The lowest BCUT2D eigenvalue weighted by atomic mass is 10.2. The number of amides is 1. The molecule has 0 fully saturated rings. The van der Waals surface area contributed by atoms with Gasteiger partial charge in [0.1, 0.15) is 5.69 Å². The van der Waals surface area contributed by atoms with E-state index in [1.54, 1.807) is 7.05 Å². The fourth-order valence-corrected chi connectivity index (χ4v) is 1.47. The Morgan fingerprint density at radius 2 is 1.89 bits per heavy atom. The largest absolute Gasteiger partial charge is 0.493 e. The number of hydrogen-bond donors (Lipinski definition) is 2. The van der Waals surface area contributed by atoms with Crippen LogP contribution in [0, 0.1) is 10.1 Å². The summed E-state index contributed by atoms with van der Waals surface area (Å²) < 4.78 is 10.0. The highest BCUT2D eigenvalue weighted by Gasteiger charge is 2.20. The SMILES string of the molecule is CNCC(=O)Nc1cc(OC)c(OC)cc1[N+](=O)[O-]. The van der Waals surface area contributed by atoms with Crippen molar-refractivity contribution in [1.29, 1.82) is 0 Å². The number of methoxy groups -OCH3 is 2. The van der Waals surface area contributed by atoms with Crippen LogP contribution in [0.3, 0.4) is 0 Å². The monoisotopic (exact) mass is 269 g/mol. The molecule has 0 heterocycles. The van der Waals surface area contributed by atoms with Crippen LogP contribution in [0.2, 0.25) is 0 Å². The van der Waals surface area contributed by atoms with E-state index in [1.165, 1.54) is 26.4 Å². The number of anilines is 1. The van der Waals surface area contributed by atoms with Crippen molar-refractivity contribution in [3.8, 4) is 11.5 Å². The molecule has 8 nitrogen and oxygen atoms in total. The van der Waals surface area contributed by atoms with E-state index in [0.717, 1.165) is 0 Å². The lowest BCUT2D eigenvalue weighted by Gasteiger charge is -2.11. The maximum Gasteiger partial charge on any atom is 0.296 e. The Morgan fingerprint density at radius 3 is 2.37 bits per heavy atom. The molecular formula is C11H15N3O5. The number of benzene rings is 1. The van der Waals surface area contributed by atoms with E-state index in [2.05, 4.69) is 10.6 Å². The van der Waals surface area contributed by atoms with Gasteiger partial charge in [0, 0.05) is 6.07 Å². The molecule has 0 aromatic heterocycles. The molecule has 1 aromatic carbocycles. The second kappa shape index (κ2) is 6.55. The smallest absolute Gasteiger partial charge is 0.296 e. The van der Waals surface area contributed by atoms with Gasteiger partial charge in [-0.25, -0.2) is 0 Å². The van der Waals surface area contributed by atoms with E-state index >= 15 is 0 Å². The zero-order chi connectivity index (χ0) is 14.4. The molecule has 8 heteroatoms. The van der Waals surface area contributed by atoms with E-state index < -0.39 is 10.8 Å². The molecule has 1 rings (SSSR count). The van der Waals surface area contributed by atoms with E-state index in [4.69, 9.17) is 9.47 Å². The van der Waals surface area contributed by atoms with Crippen LogP contribution in [-0.4, -0.2) is 38.6 Å². The molecule has 19 heavy (non-hydrogen) atoms. The number of ether oxygens (including phenoxy) is 2. The molecule has 0 radical (unpaired) electrons. The summed E-state index contributed by atoms with van der Waals surface area (Å²) >= 11 is 0. The average Bonchev–Trinajstić information content (AvgIpc) is 2.38. The maximum absolute atomic E-state index is 11.5. The highest BCUT2D eigenvalue weighted by Crippen LogP contribution is 2.37. The highest BCUT2D eigenvalue weighted by atomic mass is 16.6. The zero-order valence-electron chi connectivity index (χ0n) is 10.9. The molecule has 0 saturated carbocycles. The van der Waals surface area contributed by atoms with Crippen molar-refractivity contribution in [3.05, 3.63) is 22.2 Å². The van der Waals surface area contributed by atoms with Crippen LogP contribution >= 0.6 is 0 Å². The third-order valence-electron chi connectivity index (χ3n) is 2.31. The van der Waals surface area contributed by atoms with Crippen LogP contribution < -0.4 is 20.1 Å². The molecule has 0 aliphatic heterocycles. The molecule has 0 unspecified atom stereocenters. The Balaban J connectivity index is 3.19. The minimum Gasteiger partial charge on any atom is -0.493 e. The molecule has 0 atom stereocenters. The molecule has 0 aliphatic carbocycles. The quantitative estimate of drug-likeness (QED) is 0.584. The van der Waals surface area contributed by atoms with Crippen LogP contribution in [-0.2, 0) is 4.79 Å². The van der Waals surface area contributed by atoms with Gasteiger partial charge >= 0.3 is 0 Å². The summed E-state index contributed by atoms with van der Waals surface area (Å²) in [7, 11) is 4.38. The van der Waals surface area contributed by atoms with Gasteiger partial charge in [0.05, 0.1) is 31.8 Å². The van der Waals surface area contributed by atoms with Crippen LogP contribution in [0.5, 0.6) is 11.5 Å². The van der Waals surface area contributed by atoms with Gasteiger partial charge in [0.25, 0.3) is 5.69 Å². The molecule has 0 saturated heterocycles. The summed E-state index contributed by atoms with van der Waals surface area (Å²) in [6.07, 6.45) is 0. The number of hydrogen-bond acceptors (Lipinski definition) is 6. The number of nitro benzene ring substituents is 1. The first-order chi connectivity index (χ1) is 9.03. The Labute approximate surface area is 109 Å². The molecule has 1 amide bonds. The van der Waals surface area contributed by atoms with Gasteiger partial charge in [-0.3, -0.25) is 14.9 Å². The van der Waals surface area contributed by atoms with Gasteiger partial charge < -0.3 is 20.1 Å². The van der Waals surface area contributed by atoms with Gasteiger partial charge in [-0.15, -0.1) is 0 Å². The molecule has 0 bridgehead atoms. The molecule has 0 spiro atoms. The standard InChI is InChI=1S/C11H15N3O5/c1-12-6-11(15)13-7-4-9(18-2)10(19-3)5-8(7)14(16)17/h4-5,12H,6H2,1-3H3,(H,13,15).